The van der Waals surface area contributed by atoms with Crippen LogP contribution in [0.4, 0.5) is 5.69 Å². The molecular formula is C24H27ClN4O3. The number of benzene rings is 1. The van der Waals surface area contributed by atoms with Gasteiger partial charge in [0.05, 0.1) is 29.7 Å². The molecule has 0 bridgehead atoms. The molecule has 0 radical (unpaired) electrons. The van der Waals surface area contributed by atoms with Gasteiger partial charge in [-0.25, -0.2) is 14.8 Å². The van der Waals surface area contributed by atoms with Crippen molar-refractivity contribution >= 4 is 34.2 Å². The summed E-state index contributed by atoms with van der Waals surface area (Å²) >= 11 is 5.99. The maximum atomic E-state index is 13.4. The number of esters is 1. The van der Waals surface area contributed by atoms with Gasteiger partial charge in [-0.3, -0.25) is 9.36 Å². The summed E-state index contributed by atoms with van der Waals surface area (Å²) in [7, 11) is 1.30. The zero-order chi connectivity index (χ0) is 23.2. The van der Waals surface area contributed by atoms with Crippen LogP contribution in [0.25, 0.3) is 10.9 Å². The topological polar surface area (TPSA) is 86.1 Å². The third-order valence-corrected chi connectivity index (χ3v) is 6.31. The Bertz CT molecular complexity index is 1280. The smallest absolute Gasteiger partial charge is 0.358 e. The van der Waals surface area contributed by atoms with Crippen molar-refractivity contribution in [3.8, 4) is 0 Å². The Hall–Kier alpha value is -2.93. The van der Waals surface area contributed by atoms with Crippen molar-refractivity contribution in [2.24, 2.45) is 0 Å². The van der Waals surface area contributed by atoms with E-state index < -0.39 is 5.97 Å². The first-order chi connectivity index (χ1) is 15.1. The SMILES string of the molecule is COC(=O)c1nc(Cl)ccc1NC(C)c1cc(C)cc2c(=O)n3c(nc12)C(C)(C)CCC3. The van der Waals surface area contributed by atoms with Crippen LogP contribution in [-0.4, -0.2) is 27.6 Å². The van der Waals surface area contributed by atoms with Crippen LogP contribution < -0.4 is 10.9 Å². The number of hydrogen-bond donors (Lipinski definition) is 1. The number of aryl methyl sites for hydroxylation is 1. The molecule has 1 aromatic carbocycles. The molecule has 3 heterocycles. The summed E-state index contributed by atoms with van der Waals surface area (Å²) in [6.45, 7) is 8.89. The van der Waals surface area contributed by atoms with Gasteiger partial charge in [0.25, 0.3) is 5.56 Å². The summed E-state index contributed by atoms with van der Waals surface area (Å²) in [5, 5.41) is 4.15. The minimum atomic E-state index is -0.580. The quantitative estimate of drug-likeness (QED) is 0.450. The first-order valence-corrected chi connectivity index (χ1v) is 11.1. The first kappa shape index (κ1) is 22.3. The summed E-state index contributed by atoms with van der Waals surface area (Å²) in [5.74, 6) is 0.241. The average molecular weight is 455 g/mol. The van der Waals surface area contributed by atoms with Crippen molar-refractivity contribution in [3.63, 3.8) is 0 Å². The van der Waals surface area contributed by atoms with Gasteiger partial charge < -0.3 is 10.1 Å². The van der Waals surface area contributed by atoms with Gasteiger partial charge in [-0.1, -0.05) is 31.5 Å². The summed E-state index contributed by atoms with van der Waals surface area (Å²) < 4.78 is 6.68. The molecule has 0 spiro atoms. The van der Waals surface area contributed by atoms with E-state index in [0.717, 1.165) is 29.8 Å². The number of methoxy groups -OCH3 is 1. The van der Waals surface area contributed by atoms with Crippen LogP contribution in [0.3, 0.4) is 0 Å². The molecule has 32 heavy (non-hydrogen) atoms. The number of carbonyl (C=O) groups excluding carboxylic acids is 1. The number of ether oxygens (including phenoxy) is 1. The second kappa shape index (κ2) is 8.20. The minimum Gasteiger partial charge on any atom is -0.464 e. The van der Waals surface area contributed by atoms with Gasteiger partial charge in [0.2, 0.25) is 0 Å². The third-order valence-electron chi connectivity index (χ3n) is 6.10. The predicted molar refractivity (Wildman–Crippen MR) is 126 cm³/mol. The molecule has 0 amide bonds. The maximum absolute atomic E-state index is 13.4. The number of hydrogen-bond acceptors (Lipinski definition) is 6. The van der Waals surface area contributed by atoms with Crippen LogP contribution in [0, 0.1) is 6.92 Å². The third kappa shape index (κ3) is 3.86. The molecule has 2 aromatic heterocycles. The number of rotatable bonds is 4. The molecular weight excluding hydrogens is 428 g/mol. The molecule has 1 N–H and O–H groups in total. The first-order valence-electron chi connectivity index (χ1n) is 10.7. The second-order valence-corrected chi connectivity index (χ2v) is 9.40. The molecule has 1 atom stereocenters. The van der Waals surface area contributed by atoms with Crippen molar-refractivity contribution < 1.29 is 9.53 Å². The van der Waals surface area contributed by atoms with Crippen LogP contribution in [0.5, 0.6) is 0 Å². The van der Waals surface area contributed by atoms with E-state index in [1.165, 1.54) is 7.11 Å². The lowest BCUT2D eigenvalue weighted by Gasteiger charge is -2.32. The zero-order valence-electron chi connectivity index (χ0n) is 19.0. The van der Waals surface area contributed by atoms with E-state index in [2.05, 4.69) is 24.1 Å². The van der Waals surface area contributed by atoms with Crippen molar-refractivity contribution in [1.82, 2.24) is 14.5 Å². The minimum absolute atomic E-state index is 0.00154. The normalized spacial score (nSPS) is 15.8. The number of nitrogens with zero attached hydrogens (tertiary/aromatic N) is 3. The van der Waals surface area contributed by atoms with Crippen molar-refractivity contribution in [3.05, 3.63) is 62.4 Å². The van der Waals surface area contributed by atoms with E-state index >= 15 is 0 Å². The lowest BCUT2D eigenvalue weighted by atomic mass is 9.84. The lowest BCUT2D eigenvalue weighted by Crippen LogP contribution is -2.37. The molecule has 1 unspecified atom stereocenters. The second-order valence-electron chi connectivity index (χ2n) is 9.02. The summed E-state index contributed by atoms with van der Waals surface area (Å²) in [4.78, 5) is 34.7. The van der Waals surface area contributed by atoms with E-state index in [4.69, 9.17) is 21.3 Å². The van der Waals surface area contributed by atoms with Gasteiger partial charge in [0.1, 0.15) is 11.0 Å². The van der Waals surface area contributed by atoms with E-state index in [0.29, 0.717) is 23.1 Å². The van der Waals surface area contributed by atoms with Crippen molar-refractivity contribution in [1.29, 1.82) is 0 Å². The van der Waals surface area contributed by atoms with Gasteiger partial charge in [-0.05, 0) is 50.5 Å². The highest BCUT2D eigenvalue weighted by Gasteiger charge is 2.31. The van der Waals surface area contributed by atoms with Crippen LogP contribution in [0.1, 0.15) is 67.1 Å². The van der Waals surface area contributed by atoms with Crippen LogP contribution in [0.2, 0.25) is 5.15 Å². The summed E-state index contributed by atoms with van der Waals surface area (Å²) in [6, 6.07) is 6.98. The molecule has 0 aliphatic carbocycles. The van der Waals surface area contributed by atoms with E-state index in [1.54, 1.807) is 12.1 Å². The Morgan fingerprint density at radius 1 is 1.28 bits per heavy atom. The number of aromatic nitrogens is 3. The van der Waals surface area contributed by atoms with E-state index in [-0.39, 0.29) is 27.9 Å². The number of pyridine rings is 1. The Labute approximate surface area is 191 Å². The predicted octanol–water partition coefficient (Wildman–Crippen LogP) is 4.78. The molecule has 7 nitrogen and oxygen atoms in total. The maximum Gasteiger partial charge on any atom is 0.358 e. The number of fused-ring (bicyclic) bond motifs is 2. The molecule has 1 aliphatic heterocycles. The fourth-order valence-electron chi connectivity index (χ4n) is 4.46. The molecule has 168 valence electrons. The highest BCUT2D eigenvalue weighted by Crippen LogP contribution is 2.34. The fraction of sp³-hybridized carbons (Fsp3) is 0.417. The van der Waals surface area contributed by atoms with Gasteiger partial charge in [-0.15, -0.1) is 0 Å². The highest BCUT2D eigenvalue weighted by atomic mass is 35.5. The molecule has 8 heteroatoms. The molecule has 0 saturated heterocycles. The molecule has 3 aromatic rings. The lowest BCUT2D eigenvalue weighted by molar-refractivity contribution is 0.0595. The Morgan fingerprint density at radius 2 is 2.03 bits per heavy atom. The molecule has 0 fully saturated rings. The number of halogens is 1. The summed E-state index contributed by atoms with van der Waals surface area (Å²) in [6.07, 6.45) is 1.95. The Balaban J connectivity index is 1.86. The van der Waals surface area contributed by atoms with E-state index in [1.807, 2.05) is 30.5 Å². The van der Waals surface area contributed by atoms with Gasteiger partial charge in [0, 0.05) is 17.5 Å². The highest BCUT2D eigenvalue weighted by molar-refractivity contribution is 6.29. The van der Waals surface area contributed by atoms with Crippen molar-refractivity contribution in [2.75, 3.05) is 12.4 Å². The zero-order valence-corrected chi connectivity index (χ0v) is 19.7. The number of nitrogens with one attached hydrogen (secondary N) is 1. The Kier molecular flexibility index (Phi) is 5.71. The average Bonchev–Trinajstić information content (AvgIpc) is 2.75. The summed E-state index contributed by atoms with van der Waals surface area (Å²) in [5.41, 5.74) is 2.96. The monoisotopic (exact) mass is 454 g/mol. The van der Waals surface area contributed by atoms with Crippen LogP contribution in [0.15, 0.2) is 29.1 Å². The molecule has 0 saturated carbocycles. The molecule has 1 aliphatic rings. The van der Waals surface area contributed by atoms with Gasteiger partial charge >= 0.3 is 5.97 Å². The fourth-order valence-corrected chi connectivity index (χ4v) is 4.61. The Morgan fingerprint density at radius 3 is 2.75 bits per heavy atom. The van der Waals surface area contributed by atoms with Crippen LogP contribution >= 0.6 is 11.6 Å². The van der Waals surface area contributed by atoms with Gasteiger partial charge in [-0.2, -0.15) is 0 Å². The van der Waals surface area contributed by atoms with Crippen molar-refractivity contribution in [2.45, 2.75) is 58.5 Å². The number of carbonyl (C=O) groups is 1. The number of anilines is 1. The molecule has 4 rings (SSSR count). The standard InChI is InChI=1S/C24H27ClN4O3/c1-13-11-15(14(2)26-17-7-8-18(25)27-20(17)22(31)32-5)19-16(12-13)21(30)29-10-6-9-24(3,4)23(29)28-19/h7-8,11-12,14,26H,6,9-10H2,1-5H3. The largest absolute Gasteiger partial charge is 0.464 e. The van der Waals surface area contributed by atoms with Gasteiger partial charge in [0.15, 0.2) is 5.69 Å². The van der Waals surface area contributed by atoms with E-state index in [9.17, 15) is 9.59 Å². The van der Waals surface area contributed by atoms with Crippen LogP contribution in [-0.2, 0) is 16.7 Å².